The van der Waals surface area contributed by atoms with Gasteiger partial charge < -0.3 is 15.0 Å². The van der Waals surface area contributed by atoms with E-state index in [-0.39, 0.29) is 6.10 Å². The highest BCUT2D eigenvalue weighted by Gasteiger charge is 2.14. The smallest absolute Gasteiger partial charge is 0.187 e. The molecule has 0 aliphatic carbocycles. The lowest BCUT2D eigenvalue weighted by molar-refractivity contribution is 0.114. The molecule has 1 aliphatic rings. The molecule has 0 amide bonds. The lowest BCUT2D eigenvalue weighted by Crippen LogP contribution is -2.37. The van der Waals surface area contributed by atoms with Gasteiger partial charge in [-0.15, -0.1) is 0 Å². The lowest BCUT2D eigenvalue weighted by atomic mass is 10.2. The number of rotatable bonds is 5. The van der Waals surface area contributed by atoms with E-state index in [1.807, 2.05) is 26.2 Å². The Morgan fingerprint density at radius 2 is 2.19 bits per heavy atom. The van der Waals surface area contributed by atoms with Crippen LogP contribution in [0, 0.1) is 0 Å². The number of benzene rings is 1. The maximum atomic E-state index is 5.52. The summed E-state index contributed by atoms with van der Waals surface area (Å²) in [6.07, 6.45) is 4.25. The standard InChI is InChI=1S/C15H22N4OS/c1-19(2)13-7-5-12(6-8-13)10-17-18-15(21)16-11-14-4-3-9-20-14/h5-8,10,14H,3-4,9,11H2,1-2H3,(H2,16,18,21)/b17-10+. The molecule has 1 atom stereocenters. The molecule has 1 aromatic rings. The Bertz CT molecular complexity index is 481. The number of hydrogen-bond donors (Lipinski definition) is 2. The average Bonchev–Trinajstić information content (AvgIpc) is 2.99. The summed E-state index contributed by atoms with van der Waals surface area (Å²) in [7, 11) is 4.03. The fourth-order valence-corrected chi connectivity index (χ4v) is 2.21. The molecular weight excluding hydrogens is 284 g/mol. The Kier molecular flexibility index (Phi) is 5.95. The summed E-state index contributed by atoms with van der Waals surface area (Å²) in [5.74, 6) is 0. The molecule has 1 heterocycles. The summed E-state index contributed by atoms with van der Waals surface area (Å²) in [6.45, 7) is 1.59. The molecule has 21 heavy (non-hydrogen) atoms. The highest BCUT2D eigenvalue weighted by Crippen LogP contribution is 2.11. The molecule has 0 radical (unpaired) electrons. The lowest BCUT2D eigenvalue weighted by Gasteiger charge is -2.12. The van der Waals surface area contributed by atoms with Crippen molar-refractivity contribution in [1.29, 1.82) is 0 Å². The molecule has 1 fully saturated rings. The number of nitrogens with one attached hydrogen (secondary N) is 2. The number of hydrazone groups is 1. The Labute approximate surface area is 131 Å². The first kappa shape index (κ1) is 15.7. The first-order valence-electron chi connectivity index (χ1n) is 7.11. The van der Waals surface area contributed by atoms with E-state index in [9.17, 15) is 0 Å². The zero-order valence-corrected chi connectivity index (χ0v) is 13.3. The summed E-state index contributed by atoms with van der Waals surface area (Å²) < 4.78 is 5.52. The molecule has 1 aromatic carbocycles. The first-order chi connectivity index (χ1) is 10.1. The summed E-state index contributed by atoms with van der Waals surface area (Å²) in [5, 5.41) is 7.76. The maximum absolute atomic E-state index is 5.52. The van der Waals surface area contributed by atoms with Gasteiger partial charge in [-0.3, -0.25) is 5.43 Å². The fraction of sp³-hybridized carbons (Fsp3) is 0.467. The monoisotopic (exact) mass is 306 g/mol. The van der Waals surface area contributed by atoms with Crippen LogP contribution in [0.2, 0.25) is 0 Å². The second kappa shape index (κ2) is 7.95. The van der Waals surface area contributed by atoms with Crippen LogP contribution in [0.1, 0.15) is 18.4 Å². The van der Waals surface area contributed by atoms with E-state index in [1.165, 1.54) is 0 Å². The summed E-state index contributed by atoms with van der Waals surface area (Å²) in [4.78, 5) is 2.06. The topological polar surface area (TPSA) is 48.9 Å². The number of hydrogen-bond acceptors (Lipinski definition) is 4. The van der Waals surface area contributed by atoms with Crippen LogP contribution >= 0.6 is 12.2 Å². The van der Waals surface area contributed by atoms with Gasteiger partial charge in [-0.05, 0) is 42.8 Å². The van der Waals surface area contributed by atoms with Gasteiger partial charge in [0.25, 0.3) is 0 Å². The van der Waals surface area contributed by atoms with Gasteiger partial charge in [0.1, 0.15) is 0 Å². The van der Waals surface area contributed by atoms with Crippen molar-refractivity contribution in [2.75, 3.05) is 32.1 Å². The fourth-order valence-electron chi connectivity index (χ4n) is 2.08. The zero-order valence-electron chi connectivity index (χ0n) is 12.5. The van der Waals surface area contributed by atoms with Crippen LogP contribution in [0.3, 0.4) is 0 Å². The quantitative estimate of drug-likeness (QED) is 0.493. The molecule has 0 aromatic heterocycles. The van der Waals surface area contributed by atoms with Crippen LogP contribution in [0.25, 0.3) is 0 Å². The van der Waals surface area contributed by atoms with E-state index in [4.69, 9.17) is 17.0 Å². The third-order valence-corrected chi connectivity index (χ3v) is 3.54. The predicted molar refractivity (Wildman–Crippen MR) is 91.1 cm³/mol. The van der Waals surface area contributed by atoms with E-state index in [1.54, 1.807) is 6.21 Å². The van der Waals surface area contributed by atoms with E-state index in [0.29, 0.717) is 5.11 Å². The Balaban J connectivity index is 1.72. The average molecular weight is 306 g/mol. The van der Waals surface area contributed by atoms with Gasteiger partial charge in [0.05, 0.1) is 12.3 Å². The van der Waals surface area contributed by atoms with Crippen LogP contribution in [-0.4, -0.2) is 44.7 Å². The van der Waals surface area contributed by atoms with Gasteiger partial charge in [0, 0.05) is 32.9 Å². The third kappa shape index (κ3) is 5.32. The highest BCUT2D eigenvalue weighted by molar-refractivity contribution is 7.80. The molecule has 0 saturated carbocycles. The van der Waals surface area contributed by atoms with Crippen LogP contribution < -0.4 is 15.6 Å². The van der Waals surface area contributed by atoms with Gasteiger partial charge >= 0.3 is 0 Å². The molecular formula is C15H22N4OS. The van der Waals surface area contributed by atoms with Gasteiger partial charge in [-0.1, -0.05) is 12.1 Å². The van der Waals surface area contributed by atoms with Gasteiger partial charge in [0.15, 0.2) is 5.11 Å². The van der Waals surface area contributed by atoms with Crippen molar-refractivity contribution in [2.24, 2.45) is 5.10 Å². The second-order valence-electron chi connectivity index (χ2n) is 5.20. The summed E-state index contributed by atoms with van der Waals surface area (Å²) in [6, 6.07) is 8.14. The van der Waals surface area contributed by atoms with Crippen molar-refractivity contribution in [3.8, 4) is 0 Å². The van der Waals surface area contributed by atoms with Crippen molar-refractivity contribution in [1.82, 2.24) is 10.7 Å². The van der Waals surface area contributed by atoms with Crippen molar-refractivity contribution in [2.45, 2.75) is 18.9 Å². The van der Waals surface area contributed by atoms with Crippen LogP contribution in [0.5, 0.6) is 0 Å². The SMILES string of the molecule is CN(C)c1ccc(/C=N/NC(=S)NCC2CCCO2)cc1. The molecule has 2 rings (SSSR count). The summed E-state index contributed by atoms with van der Waals surface area (Å²) in [5.41, 5.74) is 5.00. The Morgan fingerprint density at radius 3 is 2.81 bits per heavy atom. The van der Waals surface area contributed by atoms with Gasteiger partial charge in [-0.25, -0.2) is 0 Å². The molecule has 1 saturated heterocycles. The van der Waals surface area contributed by atoms with Crippen LogP contribution in [0.4, 0.5) is 5.69 Å². The Morgan fingerprint density at radius 1 is 1.43 bits per heavy atom. The van der Waals surface area contributed by atoms with Crippen LogP contribution in [-0.2, 0) is 4.74 Å². The molecule has 2 N–H and O–H groups in total. The number of anilines is 1. The number of ether oxygens (including phenoxy) is 1. The molecule has 0 spiro atoms. The zero-order chi connectivity index (χ0) is 15.1. The third-order valence-electron chi connectivity index (χ3n) is 3.30. The van der Waals surface area contributed by atoms with Gasteiger partial charge in [-0.2, -0.15) is 5.10 Å². The number of nitrogens with zero attached hydrogens (tertiary/aromatic N) is 2. The van der Waals surface area contributed by atoms with E-state index < -0.39 is 0 Å². The maximum Gasteiger partial charge on any atom is 0.187 e. The minimum atomic E-state index is 0.271. The first-order valence-corrected chi connectivity index (χ1v) is 7.52. The summed E-state index contributed by atoms with van der Waals surface area (Å²) >= 11 is 5.16. The van der Waals surface area contributed by atoms with Crippen molar-refractivity contribution in [3.63, 3.8) is 0 Å². The predicted octanol–water partition coefficient (Wildman–Crippen LogP) is 1.73. The normalized spacial score (nSPS) is 17.9. The molecule has 6 heteroatoms. The van der Waals surface area contributed by atoms with Crippen LogP contribution in [0.15, 0.2) is 29.4 Å². The Hall–Kier alpha value is -1.66. The minimum absolute atomic E-state index is 0.271. The largest absolute Gasteiger partial charge is 0.378 e. The van der Waals surface area contributed by atoms with E-state index >= 15 is 0 Å². The van der Waals surface area contributed by atoms with E-state index in [2.05, 4.69) is 32.9 Å². The van der Waals surface area contributed by atoms with Gasteiger partial charge in [0.2, 0.25) is 0 Å². The number of thiocarbonyl (C=S) groups is 1. The second-order valence-corrected chi connectivity index (χ2v) is 5.61. The molecule has 5 nitrogen and oxygen atoms in total. The minimum Gasteiger partial charge on any atom is -0.378 e. The molecule has 0 bridgehead atoms. The molecule has 114 valence electrons. The molecule has 1 unspecified atom stereocenters. The van der Waals surface area contributed by atoms with E-state index in [0.717, 1.165) is 37.2 Å². The molecule has 1 aliphatic heterocycles. The van der Waals surface area contributed by atoms with Crippen molar-refractivity contribution >= 4 is 29.2 Å². The van der Waals surface area contributed by atoms with Crippen molar-refractivity contribution in [3.05, 3.63) is 29.8 Å². The highest BCUT2D eigenvalue weighted by atomic mass is 32.1. The van der Waals surface area contributed by atoms with Crippen molar-refractivity contribution < 1.29 is 4.74 Å².